The third kappa shape index (κ3) is 8.36. The number of thioether (sulfide) groups is 1. The van der Waals surface area contributed by atoms with Gasteiger partial charge in [0.1, 0.15) is 0 Å². The molecule has 0 aliphatic carbocycles. The molecule has 2 aromatic carbocycles. The number of anilines is 1. The molecule has 1 aliphatic rings. The number of benzene rings is 2. The van der Waals surface area contributed by atoms with E-state index in [4.69, 9.17) is 23.2 Å². The molecule has 3 aromatic rings. The van der Waals surface area contributed by atoms with Crippen LogP contribution in [0, 0.1) is 0 Å². The topological polar surface area (TPSA) is 74.3 Å². The number of aromatic nitrogens is 1. The molecule has 1 saturated heterocycles. The zero-order valence-electron chi connectivity index (χ0n) is 19.6. The smallest absolute Gasteiger partial charge is 0.230 e. The number of amides is 2. The zero-order valence-corrected chi connectivity index (χ0v) is 23.6. The van der Waals surface area contributed by atoms with E-state index in [1.165, 1.54) is 30.0 Å². The summed E-state index contributed by atoms with van der Waals surface area (Å²) >= 11 is 15.1. The Labute approximate surface area is 235 Å². The third-order valence-electron chi connectivity index (χ3n) is 5.65. The van der Waals surface area contributed by atoms with E-state index in [1.54, 1.807) is 0 Å². The number of piperidine rings is 1. The molecule has 1 fully saturated rings. The molecule has 0 radical (unpaired) electrons. The molecule has 11 heteroatoms. The zero-order chi connectivity index (χ0) is 24.8. The minimum Gasteiger partial charge on any atom is -0.353 e. The van der Waals surface area contributed by atoms with Crippen molar-refractivity contribution in [2.45, 2.75) is 36.7 Å². The molecule has 0 unspecified atom stereocenters. The van der Waals surface area contributed by atoms with Crippen LogP contribution in [0.2, 0.25) is 10.0 Å². The highest BCUT2D eigenvalue weighted by molar-refractivity contribution is 8.01. The van der Waals surface area contributed by atoms with Crippen LogP contribution < -0.4 is 10.6 Å². The Hall–Kier alpha value is -1.81. The van der Waals surface area contributed by atoms with Crippen molar-refractivity contribution in [3.63, 3.8) is 0 Å². The predicted octanol–water partition coefficient (Wildman–Crippen LogP) is 6.37. The maximum atomic E-state index is 12.5. The fraction of sp³-hybridized carbons (Fsp3) is 0.320. The van der Waals surface area contributed by atoms with Gasteiger partial charge >= 0.3 is 0 Å². The number of thiazole rings is 1. The van der Waals surface area contributed by atoms with E-state index in [1.807, 2.05) is 47.8 Å². The molecular weight excluding hydrogens is 559 g/mol. The normalized spacial score (nSPS) is 14.2. The summed E-state index contributed by atoms with van der Waals surface area (Å²) in [7, 11) is 0. The van der Waals surface area contributed by atoms with Crippen LogP contribution in [-0.2, 0) is 16.1 Å². The number of halogens is 3. The molecule has 0 spiro atoms. The van der Waals surface area contributed by atoms with Gasteiger partial charge in [0.2, 0.25) is 11.8 Å². The first-order valence-electron chi connectivity index (χ1n) is 11.3. The first-order valence-corrected chi connectivity index (χ1v) is 13.9. The van der Waals surface area contributed by atoms with Gasteiger partial charge in [0.25, 0.3) is 0 Å². The molecule has 192 valence electrons. The number of hydrogen-bond acceptors (Lipinski definition) is 6. The quantitative estimate of drug-likeness (QED) is 0.301. The maximum absolute atomic E-state index is 12.5. The average molecular weight is 586 g/mol. The second kappa shape index (κ2) is 13.7. The lowest BCUT2D eigenvalue weighted by Crippen LogP contribution is -2.44. The van der Waals surface area contributed by atoms with Crippen LogP contribution in [0.25, 0.3) is 11.3 Å². The Morgan fingerprint density at radius 3 is 2.50 bits per heavy atom. The van der Waals surface area contributed by atoms with Crippen LogP contribution in [-0.4, -0.2) is 46.6 Å². The van der Waals surface area contributed by atoms with Crippen LogP contribution in [0.4, 0.5) is 5.69 Å². The summed E-state index contributed by atoms with van der Waals surface area (Å²) in [6.45, 7) is 4.16. The molecule has 2 amide bonds. The summed E-state index contributed by atoms with van der Waals surface area (Å²) in [5.74, 6) is 0.282. The van der Waals surface area contributed by atoms with E-state index in [0.717, 1.165) is 59.3 Å². The summed E-state index contributed by atoms with van der Waals surface area (Å²) in [6.07, 6.45) is 1.85. The number of hydrogen-bond donors (Lipinski definition) is 2. The lowest BCUT2D eigenvalue weighted by atomic mass is 10.0. The van der Waals surface area contributed by atoms with Crippen LogP contribution in [0.1, 0.15) is 25.3 Å². The van der Waals surface area contributed by atoms with Gasteiger partial charge in [0.05, 0.1) is 21.5 Å². The SMILES string of the molecule is CC(=O)Nc1ccc(-c2csc(SCC(=O)NC3CCN(Cc4ccc(Cl)c(Cl)c4)CC3)n2)cc1.Cl. The molecule has 6 nitrogen and oxygen atoms in total. The van der Waals surface area contributed by atoms with Gasteiger partial charge in [-0.05, 0) is 42.7 Å². The van der Waals surface area contributed by atoms with Gasteiger partial charge in [-0.25, -0.2) is 4.98 Å². The van der Waals surface area contributed by atoms with Gasteiger partial charge < -0.3 is 10.6 Å². The van der Waals surface area contributed by atoms with Gasteiger partial charge in [-0.2, -0.15) is 0 Å². The summed E-state index contributed by atoms with van der Waals surface area (Å²) < 4.78 is 0.859. The van der Waals surface area contributed by atoms with Gasteiger partial charge in [-0.3, -0.25) is 14.5 Å². The van der Waals surface area contributed by atoms with E-state index >= 15 is 0 Å². The van der Waals surface area contributed by atoms with E-state index in [0.29, 0.717) is 15.8 Å². The number of carbonyl (C=O) groups is 2. The highest BCUT2D eigenvalue weighted by Crippen LogP contribution is 2.29. The Bertz CT molecular complexity index is 1180. The first-order chi connectivity index (χ1) is 16.9. The second-order valence-corrected chi connectivity index (χ2v) is 11.3. The number of nitrogens with one attached hydrogen (secondary N) is 2. The number of nitrogens with zero attached hydrogens (tertiary/aromatic N) is 2. The molecule has 1 aromatic heterocycles. The van der Waals surface area contributed by atoms with Crippen molar-refractivity contribution in [3.8, 4) is 11.3 Å². The lowest BCUT2D eigenvalue weighted by molar-refractivity contribution is -0.119. The van der Waals surface area contributed by atoms with Crippen LogP contribution in [0.5, 0.6) is 0 Å². The molecular formula is C25H27Cl3N4O2S2. The van der Waals surface area contributed by atoms with Gasteiger partial charge in [-0.1, -0.05) is 53.2 Å². The molecule has 2 N–H and O–H groups in total. The standard InChI is InChI=1S/C25H26Cl2N4O2S2.ClH/c1-16(32)28-19-5-3-18(4-6-19)23-14-34-25(30-23)35-15-24(33)29-20-8-10-31(11-9-20)13-17-2-7-21(26)22(27)12-17;/h2-7,12,14,20H,8-11,13,15H2,1H3,(H,28,32)(H,29,33);1H. The average Bonchev–Trinajstić information content (AvgIpc) is 3.31. The van der Waals surface area contributed by atoms with Crippen molar-refractivity contribution in [3.05, 3.63) is 63.5 Å². The molecule has 0 atom stereocenters. The van der Waals surface area contributed by atoms with Crippen molar-refractivity contribution >= 4 is 76.2 Å². The Balaban J connectivity index is 0.00000361. The molecule has 36 heavy (non-hydrogen) atoms. The minimum atomic E-state index is -0.0998. The summed E-state index contributed by atoms with van der Waals surface area (Å²) in [5, 5.41) is 9.06. The van der Waals surface area contributed by atoms with Crippen LogP contribution in [0.3, 0.4) is 0 Å². The molecule has 4 rings (SSSR count). The first kappa shape index (κ1) is 28.8. The molecule has 1 aliphatic heterocycles. The Morgan fingerprint density at radius 2 is 1.83 bits per heavy atom. The van der Waals surface area contributed by atoms with E-state index < -0.39 is 0 Å². The lowest BCUT2D eigenvalue weighted by Gasteiger charge is -2.32. The van der Waals surface area contributed by atoms with E-state index in [2.05, 4.69) is 20.5 Å². The molecule has 0 saturated carbocycles. The molecule has 2 heterocycles. The monoisotopic (exact) mass is 584 g/mol. The van der Waals surface area contributed by atoms with Crippen molar-refractivity contribution < 1.29 is 9.59 Å². The van der Waals surface area contributed by atoms with Gasteiger partial charge in [0, 0.05) is 49.2 Å². The fourth-order valence-corrected chi connectivity index (χ4v) is 5.88. The summed E-state index contributed by atoms with van der Waals surface area (Å²) in [4.78, 5) is 30.7. The maximum Gasteiger partial charge on any atom is 0.230 e. The predicted molar refractivity (Wildman–Crippen MR) is 153 cm³/mol. The number of carbonyl (C=O) groups excluding carboxylic acids is 2. The van der Waals surface area contributed by atoms with Crippen LogP contribution in [0.15, 0.2) is 52.2 Å². The molecule has 0 bridgehead atoms. The highest BCUT2D eigenvalue weighted by Gasteiger charge is 2.21. The number of likely N-dealkylation sites (tertiary alicyclic amines) is 1. The van der Waals surface area contributed by atoms with Gasteiger partial charge in [-0.15, -0.1) is 23.7 Å². The summed E-state index contributed by atoms with van der Waals surface area (Å²) in [6, 6.07) is 13.5. The van der Waals surface area contributed by atoms with Crippen LogP contribution >= 0.6 is 58.7 Å². The number of rotatable bonds is 8. The second-order valence-electron chi connectivity index (χ2n) is 8.41. The summed E-state index contributed by atoms with van der Waals surface area (Å²) in [5.41, 5.74) is 3.73. The fourth-order valence-electron chi connectivity index (χ4n) is 3.91. The van der Waals surface area contributed by atoms with E-state index in [-0.39, 0.29) is 30.3 Å². The van der Waals surface area contributed by atoms with Crippen molar-refractivity contribution in [2.75, 3.05) is 24.2 Å². The third-order valence-corrected chi connectivity index (χ3v) is 8.41. The van der Waals surface area contributed by atoms with Gasteiger partial charge in [0.15, 0.2) is 4.34 Å². The van der Waals surface area contributed by atoms with Crippen molar-refractivity contribution in [1.29, 1.82) is 0 Å². The minimum absolute atomic E-state index is 0. The Kier molecular flexibility index (Phi) is 10.9. The van der Waals surface area contributed by atoms with E-state index in [9.17, 15) is 9.59 Å². The van der Waals surface area contributed by atoms with Crippen molar-refractivity contribution in [2.24, 2.45) is 0 Å². The van der Waals surface area contributed by atoms with Crippen molar-refractivity contribution in [1.82, 2.24) is 15.2 Å². The highest BCUT2D eigenvalue weighted by atomic mass is 35.5. The largest absolute Gasteiger partial charge is 0.353 e. The Morgan fingerprint density at radius 1 is 1.11 bits per heavy atom.